The minimum absolute atomic E-state index is 0.154. The Balaban J connectivity index is 2.05. The third-order valence-electron chi connectivity index (χ3n) is 3.07. The van der Waals surface area contributed by atoms with E-state index >= 15 is 0 Å². The summed E-state index contributed by atoms with van der Waals surface area (Å²) >= 11 is 1.36. The van der Waals surface area contributed by atoms with E-state index in [1.165, 1.54) is 11.3 Å². The van der Waals surface area contributed by atoms with Crippen LogP contribution in [0, 0.1) is 6.92 Å². The zero-order valence-corrected chi connectivity index (χ0v) is 12.8. The van der Waals surface area contributed by atoms with Gasteiger partial charge in [0.2, 0.25) is 0 Å². The normalized spacial score (nSPS) is 10.3. The van der Waals surface area contributed by atoms with E-state index in [1.807, 2.05) is 36.6 Å². The first-order valence-corrected chi connectivity index (χ1v) is 7.60. The van der Waals surface area contributed by atoms with Gasteiger partial charge >= 0.3 is 0 Å². The molecule has 0 aliphatic carbocycles. The second-order valence-corrected chi connectivity index (χ2v) is 5.33. The molecular weight excluding hydrogens is 270 g/mol. The maximum Gasteiger partial charge on any atom is 0.284 e. The maximum atomic E-state index is 12.0. The summed E-state index contributed by atoms with van der Waals surface area (Å²) in [6.07, 6.45) is 0. The predicted molar refractivity (Wildman–Crippen MR) is 84.8 cm³/mol. The summed E-state index contributed by atoms with van der Waals surface area (Å²) in [5, 5.41) is 5.23. The summed E-state index contributed by atoms with van der Waals surface area (Å²) in [6.45, 7) is 8.08. The summed E-state index contributed by atoms with van der Waals surface area (Å²) in [6, 6.07) is 7.89. The number of aromatic nitrogens is 1. The number of rotatable bonds is 5. The highest BCUT2D eigenvalue weighted by Gasteiger charge is 2.10. The first kappa shape index (κ1) is 14.5. The SMILES string of the molecule is CCN(CC)c1ccc(NC(=O)c2nc(C)cs2)cc1. The van der Waals surface area contributed by atoms with E-state index < -0.39 is 0 Å². The molecule has 2 aromatic rings. The molecule has 0 unspecified atom stereocenters. The molecule has 0 saturated carbocycles. The van der Waals surface area contributed by atoms with Gasteiger partial charge in [-0.25, -0.2) is 4.98 Å². The highest BCUT2D eigenvalue weighted by atomic mass is 32.1. The second kappa shape index (κ2) is 6.52. The third-order valence-corrected chi connectivity index (χ3v) is 4.03. The van der Waals surface area contributed by atoms with Crippen molar-refractivity contribution in [1.29, 1.82) is 0 Å². The molecule has 0 aliphatic heterocycles. The zero-order chi connectivity index (χ0) is 14.5. The van der Waals surface area contributed by atoms with Crippen LogP contribution in [0.2, 0.25) is 0 Å². The van der Waals surface area contributed by atoms with E-state index in [-0.39, 0.29) is 5.91 Å². The monoisotopic (exact) mass is 289 g/mol. The van der Waals surface area contributed by atoms with Crippen LogP contribution in [0.1, 0.15) is 29.3 Å². The first-order valence-electron chi connectivity index (χ1n) is 6.72. The van der Waals surface area contributed by atoms with Crippen LogP contribution >= 0.6 is 11.3 Å². The van der Waals surface area contributed by atoms with Crippen molar-refractivity contribution in [3.63, 3.8) is 0 Å². The van der Waals surface area contributed by atoms with E-state index in [4.69, 9.17) is 0 Å². The Morgan fingerprint density at radius 2 is 1.90 bits per heavy atom. The molecule has 4 nitrogen and oxygen atoms in total. The van der Waals surface area contributed by atoms with E-state index in [1.54, 1.807) is 0 Å². The Kier molecular flexibility index (Phi) is 4.74. The number of benzene rings is 1. The molecule has 1 heterocycles. The van der Waals surface area contributed by atoms with Crippen molar-refractivity contribution >= 4 is 28.6 Å². The number of hydrogen-bond donors (Lipinski definition) is 1. The van der Waals surface area contributed by atoms with E-state index in [0.717, 1.165) is 30.2 Å². The summed E-state index contributed by atoms with van der Waals surface area (Å²) in [5.41, 5.74) is 2.83. The van der Waals surface area contributed by atoms with Crippen LogP contribution in [0.3, 0.4) is 0 Å². The minimum Gasteiger partial charge on any atom is -0.372 e. The number of carbonyl (C=O) groups excluding carboxylic acids is 1. The number of anilines is 2. The molecule has 1 aromatic carbocycles. The number of amides is 1. The lowest BCUT2D eigenvalue weighted by molar-refractivity contribution is 0.102. The second-order valence-electron chi connectivity index (χ2n) is 4.47. The predicted octanol–water partition coefficient (Wildman–Crippen LogP) is 3.55. The van der Waals surface area contributed by atoms with Gasteiger partial charge in [0, 0.05) is 35.5 Å². The lowest BCUT2D eigenvalue weighted by atomic mass is 10.2. The zero-order valence-electron chi connectivity index (χ0n) is 12.0. The Bertz CT molecular complexity index is 573. The summed E-state index contributed by atoms with van der Waals surface area (Å²) in [4.78, 5) is 18.4. The van der Waals surface area contributed by atoms with Crippen molar-refractivity contribution in [1.82, 2.24) is 4.98 Å². The first-order chi connectivity index (χ1) is 9.63. The summed E-state index contributed by atoms with van der Waals surface area (Å²) in [5.74, 6) is -0.154. The molecule has 0 aliphatic rings. The third kappa shape index (κ3) is 3.36. The molecule has 0 spiro atoms. The highest BCUT2D eigenvalue weighted by molar-refractivity contribution is 7.11. The van der Waals surface area contributed by atoms with Crippen LogP contribution in [0.5, 0.6) is 0 Å². The average Bonchev–Trinajstić information content (AvgIpc) is 2.89. The average molecular weight is 289 g/mol. The molecular formula is C15H19N3OS. The molecule has 20 heavy (non-hydrogen) atoms. The van der Waals surface area contributed by atoms with Crippen molar-refractivity contribution in [2.75, 3.05) is 23.3 Å². The minimum atomic E-state index is -0.154. The smallest absolute Gasteiger partial charge is 0.284 e. The van der Waals surface area contributed by atoms with E-state index in [9.17, 15) is 4.79 Å². The van der Waals surface area contributed by atoms with Crippen molar-refractivity contribution < 1.29 is 4.79 Å². The number of aryl methyl sites for hydroxylation is 1. The van der Waals surface area contributed by atoms with Gasteiger partial charge in [-0.05, 0) is 45.0 Å². The number of thiazole rings is 1. The van der Waals surface area contributed by atoms with Gasteiger partial charge in [0.25, 0.3) is 5.91 Å². The lowest BCUT2D eigenvalue weighted by Crippen LogP contribution is -2.21. The van der Waals surface area contributed by atoms with Crippen LogP contribution in [0.15, 0.2) is 29.6 Å². The van der Waals surface area contributed by atoms with Crippen LogP contribution in [0.4, 0.5) is 11.4 Å². The van der Waals surface area contributed by atoms with E-state index in [0.29, 0.717) is 5.01 Å². The van der Waals surface area contributed by atoms with Crippen molar-refractivity contribution in [2.45, 2.75) is 20.8 Å². The molecule has 0 saturated heterocycles. The van der Waals surface area contributed by atoms with Gasteiger partial charge in [0.05, 0.1) is 0 Å². The van der Waals surface area contributed by atoms with Gasteiger partial charge in [-0.15, -0.1) is 11.3 Å². The van der Waals surface area contributed by atoms with Gasteiger partial charge < -0.3 is 10.2 Å². The molecule has 5 heteroatoms. The fourth-order valence-electron chi connectivity index (χ4n) is 1.99. The summed E-state index contributed by atoms with van der Waals surface area (Å²) < 4.78 is 0. The standard InChI is InChI=1S/C15H19N3OS/c1-4-18(5-2)13-8-6-12(7-9-13)17-14(19)15-16-11(3)10-20-15/h6-10H,4-5H2,1-3H3,(H,17,19). The van der Waals surface area contributed by atoms with Crippen LogP contribution < -0.4 is 10.2 Å². The van der Waals surface area contributed by atoms with Gasteiger partial charge in [0.1, 0.15) is 0 Å². The maximum absolute atomic E-state index is 12.0. The van der Waals surface area contributed by atoms with Gasteiger partial charge in [0.15, 0.2) is 5.01 Å². The Hall–Kier alpha value is -1.88. The van der Waals surface area contributed by atoms with Crippen molar-refractivity contribution in [3.8, 4) is 0 Å². The van der Waals surface area contributed by atoms with Crippen molar-refractivity contribution in [3.05, 3.63) is 40.3 Å². The number of nitrogens with zero attached hydrogens (tertiary/aromatic N) is 2. The molecule has 1 N–H and O–H groups in total. The van der Waals surface area contributed by atoms with Crippen LogP contribution in [-0.4, -0.2) is 24.0 Å². The molecule has 1 aromatic heterocycles. The van der Waals surface area contributed by atoms with Gasteiger partial charge in [-0.3, -0.25) is 4.79 Å². The fourth-order valence-corrected chi connectivity index (χ4v) is 2.68. The highest BCUT2D eigenvalue weighted by Crippen LogP contribution is 2.19. The van der Waals surface area contributed by atoms with E-state index in [2.05, 4.69) is 29.0 Å². The molecule has 0 radical (unpaired) electrons. The number of nitrogens with one attached hydrogen (secondary N) is 1. The van der Waals surface area contributed by atoms with Gasteiger partial charge in [-0.1, -0.05) is 0 Å². The molecule has 1 amide bonds. The Morgan fingerprint density at radius 3 is 2.40 bits per heavy atom. The van der Waals surface area contributed by atoms with Crippen LogP contribution in [-0.2, 0) is 0 Å². The fraction of sp³-hybridized carbons (Fsp3) is 0.333. The quantitative estimate of drug-likeness (QED) is 0.915. The largest absolute Gasteiger partial charge is 0.372 e. The molecule has 0 fully saturated rings. The number of carbonyl (C=O) groups is 1. The van der Waals surface area contributed by atoms with Crippen LogP contribution in [0.25, 0.3) is 0 Å². The molecule has 106 valence electrons. The van der Waals surface area contributed by atoms with Crippen molar-refractivity contribution in [2.24, 2.45) is 0 Å². The van der Waals surface area contributed by atoms with Gasteiger partial charge in [-0.2, -0.15) is 0 Å². The molecule has 2 rings (SSSR count). The lowest BCUT2D eigenvalue weighted by Gasteiger charge is -2.21. The number of hydrogen-bond acceptors (Lipinski definition) is 4. The molecule has 0 bridgehead atoms. The summed E-state index contributed by atoms with van der Waals surface area (Å²) in [7, 11) is 0. The molecule has 0 atom stereocenters. The Morgan fingerprint density at radius 1 is 1.25 bits per heavy atom. The topological polar surface area (TPSA) is 45.2 Å². The Labute approximate surface area is 123 Å².